The largest absolute Gasteiger partial charge is 0.496 e. The van der Waals surface area contributed by atoms with Crippen LogP contribution >= 0.6 is 11.6 Å². The first-order chi connectivity index (χ1) is 18.6. The van der Waals surface area contributed by atoms with Gasteiger partial charge >= 0.3 is 12.2 Å². The number of aliphatic hydroxyl groups excluding tert-OH is 1. The zero-order valence-corrected chi connectivity index (χ0v) is 25.2. The second-order valence-corrected chi connectivity index (χ2v) is 11.6. The van der Waals surface area contributed by atoms with Gasteiger partial charge in [0.15, 0.2) is 5.65 Å². The summed E-state index contributed by atoms with van der Waals surface area (Å²) in [5, 5.41) is 14.5. The highest BCUT2D eigenvalue weighted by Crippen LogP contribution is 2.31. The van der Waals surface area contributed by atoms with Gasteiger partial charge in [-0.2, -0.15) is 15.1 Å². The number of pyridine rings is 1. The van der Waals surface area contributed by atoms with Crippen molar-refractivity contribution in [3.05, 3.63) is 33.9 Å². The van der Waals surface area contributed by atoms with E-state index in [0.29, 0.717) is 40.3 Å². The molecule has 2 amide bonds. The van der Waals surface area contributed by atoms with Crippen LogP contribution < -0.4 is 9.64 Å². The Kier molecular flexibility index (Phi) is 9.25. The molecule has 0 bridgehead atoms. The van der Waals surface area contributed by atoms with E-state index >= 15 is 0 Å². The van der Waals surface area contributed by atoms with Crippen LogP contribution in [0.4, 0.5) is 15.5 Å². The Bertz CT molecular complexity index is 1380. The van der Waals surface area contributed by atoms with Gasteiger partial charge in [-0.15, -0.1) is 4.90 Å². The Morgan fingerprint density at radius 1 is 1.02 bits per heavy atom. The van der Waals surface area contributed by atoms with Crippen molar-refractivity contribution < 1.29 is 28.9 Å². The van der Waals surface area contributed by atoms with Gasteiger partial charge in [0.25, 0.3) is 0 Å². The molecular formula is C27H37ClN6O6. The second-order valence-electron chi connectivity index (χ2n) is 11.3. The smallest absolute Gasteiger partial charge is 0.427 e. The summed E-state index contributed by atoms with van der Waals surface area (Å²) in [5.41, 5.74) is 1.37. The highest BCUT2D eigenvalue weighted by molar-refractivity contribution is 6.34. The van der Waals surface area contributed by atoms with Crippen molar-refractivity contribution >= 4 is 40.8 Å². The first-order valence-electron chi connectivity index (χ1n) is 12.8. The van der Waals surface area contributed by atoms with Gasteiger partial charge in [-0.25, -0.2) is 14.3 Å². The zero-order chi connectivity index (χ0) is 30.0. The number of aliphatic hydroxyl groups is 1. The number of carbonyl (C=O) groups is 2. The second kappa shape index (κ2) is 11.9. The van der Waals surface area contributed by atoms with Gasteiger partial charge in [0, 0.05) is 23.9 Å². The molecule has 0 aromatic carbocycles. The van der Waals surface area contributed by atoms with E-state index in [2.05, 4.69) is 15.0 Å². The minimum Gasteiger partial charge on any atom is -0.496 e. The summed E-state index contributed by atoms with van der Waals surface area (Å²) in [4.78, 5) is 40.4. The summed E-state index contributed by atoms with van der Waals surface area (Å²) in [6, 6.07) is 0. The number of rotatable bonds is 7. The minimum absolute atomic E-state index is 0.0255. The highest BCUT2D eigenvalue weighted by atomic mass is 35.5. The Hall–Kier alpha value is -3.51. The van der Waals surface area contributed by atoms with Gasteiger partial charge < -0.3 is 19.3 Å². The SMILES string of the molecule is COc1c(C)cnc(Cn2nc(CCCO)c3c(Cl)nc(N(C(=O)OC(C)(C)C)C(=O)OC(C)(C)C)nc32)c1C. The number of anilines is 1. The standard InChI is InChI=1S/C27H37ClN6O6/c1-15-13-29-18(16(2)20(15)38-9)14-33-22-19(17(32-33)11-10-12-35)21(28)30-23(31-22)34(24(36)39-26(3,4)5)25(37)40-27(6,7)8/h13,35H,10-12,14H2,1-9H3. The number of amides is 2. The summed E-state index contributed by atoms with van der Waals surface area (Å²) in [5.74, 6) is 0.373. The molecule has 0 atom stereocenters. The third kappa shape index (κ3) is 7.16. The lowest BCUT2D eigenvalue weighted by Crippen LogP contribution is -2.44. The van der Waals surface area contributed by atoms with Crippen molar-refractivity contribution in [3.63, 3.8) is 0 Å². The lowest BCUT2D eigenvalue weighted by atomic mass is 10.1. The van der Waals surface area contributed by atoms with E-state index in [4.69, 9.17) is 30.9 Å². The van der Waals surface area contributed by atoms with Crippen LogP contribution in [0.5, 0.6) is 5.75 Å². The molecule has 0 spiro atoms. The van der Waals surface area contributed by atoms with Crippen molar-refractivity contribution in [2.24, 2.45) is 0 Å². The van der Waals surface area contributed by atoms with E-state index in [-0.39, 0.29) is 29.9 Å². The summed E-state index contributed by atoms with van der Waals surface area (Å²) in [6.45, 7) is 14.0. The number of aromatic nitrogens is 5. The molecule has 0 aliphatic rings. The molecule has 40 heavy (non-hydrogen) atoms. The normalized spacial score (nSPS) is 12.0. The Labute approximate surface area is 238 Å². The maximum Gasteiger partial charge on any atom is 0.427 e. The average molecular weight is 577 g/mol. The quantitative estimate of drug-likeness (QED) is 0.375. The molecule has 0 aliphatic heterocycles. The first-order valence-corrected chi connectivity index (χ1v) is 13.2. The molecule has 0 fully saturated rings. The molecule has 3 rings (SSSR count). The van der Waals surface area contributed by atoms with Gasteiger partial charge in [0.05, 0.1) is 30.4 Å². The molecule has 0 saturated heterocycles. The summed E-state index contributed by atoms with van der Waals surface area (Å²) in [7, 11) is 1.59. The summed E-state index contributed by atoms with van der Waals surface area (Å²) >= 11 is 6.65. The topological polar surface area (TPSA) is 142 Å². The Morgan fingerprint density at radius 3 is 2.15 bits per heavy atom. The molecule has 12 nitrogen and oxygen atoms in total. The molecule has 0 saturated carbocycles. The number of halogens is 1. The lowest BCUT2D eigenvalue weighted by molar-refractivity contribution is 0.0427. The fourth-order valence-electron chi connectivity index (χ4n) is 3.95. The maximum absolute atomic E-state index is 13.2. The maximum atomic E-state index is 13.2. The molecular weight excluding hydrogens is 540 g/mol. The van der Waals surface area contributed by atoms with Crippen molar-refractivity contribution in [2.45, 2.75) is 86.0 Å². The van der Waals surface area contributed by atoms with Crippen molar-refractivity contribution in [1.82, 2.24) is 24.7 Å². The van der Waals surface area contributed by atoms with Gasteiger partial charge in [-0.3, -0.25) is 4.98 Å². The van der Waals surface area contributed by atoms with E-state index in [1.807, 2.05) is 13.8 Å². The van der Waals surface area contributed by atoms with Crippen LogP contribution in [-0.2, 0) is 22.4 Å². The third-order valence-corrected chi connectivity index (χ3v) is 5.86. The van der Waals surface area contributed by atoms with E-state index in [1.165, 1.54) is 0 Å². The fourth-order valence-corrected chi connectivity index (χ4v) is 4.22. The lowest BCUT2D eigenvalue weighted by Gasteiger charge is -2.27. The molecule has 0 aliphatic carbocycles. The molecule has 3 aromatic rings. The number of methoxy groups -OCH3 is 1. The monoisotopic (exact) mass is 576 g/mol. The Balaban J connectivity index is 2.22. The van der Waals surface area contributed by atoms with E-state index in [0.717, 1.165) is 11.1 Å². The number of nitrogens with zero attached hydrogens (tertiary/aromatic N) is 6. The van der Waals surface area contributed by atoms with Crippen LogP contribution in [0.25, 0.3) is 11.0 Å². The number of imide groups is 1. The van der Waals surface area contributed by atoms with Crippen LogP contribution in [0.3, 0.4) is 0 Å². The Morgan fingerprint density at radius 2 is 1.62 bits per heavy atom. The predicted molar refractivity (Wildman–Crippen MR) is 150 cm³/mol. The number of ether oxygens (including phenoxy) is 3. The van der Waals surface area contributed by atoms with E-state index in [9.17, 15) is 14.7 Å². The molecule has 3 aromatic heterocycles. The van der Waals surface area contributed by atoms with Gasteiger partial charge in [0.2, 0.25) is 5.95 Å². The van der Waals surface area contributed by atoms with Gasteiger partial charge in [-0.1, -0.05) is 11.6 Å². The zero-order valence-electron chi connectivity index (χ0n) is 24.5. The van der Waals surface area contributed by atoms with Crippen LogP contribution in [-0.4, -0.2) is 66.9 Å². The van der Waals surface area contributed by atoms with E-state index in [1.54, 1.807) is 59.5 Å². The summed E-state index contributed by atoms with van der Waals surface area (Å²) < 4.78 is 18.1. The van der Waals surface area contributed by atoms with Crippen molar-refractivity contribution in [1.29, 1.82) is 0 Å². The minimum atomic E-state index is -1.02. The first kappa shape index (κ1) is 31.0. The number of hydrogen-bond acceptors (Lipinski definition) is 10. The summed E-state index contributed by atoms with van der Waals surface area (Å²) in [6.07, 6.45) is 0.490. The van der Waals surface area contributed by atoms with Gasteiger partial charge in [-0.05, 0) is 68.2 Å². The molecule has 218 valence electrons. The number of aryl methyl sites for hydroxylation is 2. The predicted octanol–water partition coefficient (Wildman–Crippen LogP) is 5.15. The number of carbonyl (C=O) groups excluding carboxylic acids is 2. The number of hydrogen-bond donors (Lipinski definition) is 1. The molecule has 3 heterocycles. The van der Waals surface area contributed by atoms with Crippen LogP contribution in [0.15, 0.2) is 6.20 Å². The van der Waals surface area contributed by atoms with Gasteiger partial charge in [0.1, 0.15) is 22.1 Å². The number of fused-ring (bicyclic) bond motifs is 1. The average Bonchev–Trinajstić information content (AvgIpc) is 3.15. The fraction of sp³-hybridized carbons (Fsp3) is 0.556. The highest BCUT2D eigenvalue weighted by Gasteiger charge is 2.36. The van der Waals surface area contributed by atoms with Crippen LogP contribution in [0, 0.1) is 13.8 Å². The van der Waals surface area contributed by atoms with Crippen LogP contribution in [0.1, 0.15) is 70.5 Å². The van der Waals surface area contributed by atoms with Crippen molar-refractivity contribution in [2.75, 3.05) is 18.6 Å². The van der Waals surface area contributed by atoms with Crippen LogP contribution in [0.2, 0.25) is 5.15 Å². The molecule has 13 heteroatoms. The molecule has 0 radical (unpaired) electrons. The van der Waals surface area contributed by atoms with E-state index < -0.39 is 23.4 Å². The van der Waals surface area contributed by atoms with Crippen molar-refractivity contribution in [3.8, 4) is 5.75 Å². The molecule has 1 N–H and O–H groups in total. The molecule has 0 unspecified atom stereocenters. The third-order valence-electron chi connectivity index (χ3n) is 5.58.